The summed E-state index contributed by atoms with van der Waals surface area (Å²) in [5.74, 6) is -0.565. The van der Waals surface area contributed by atoms with Crippen LogP contribution >= 0.6 is 46.6 Å². The second-order valence-electron chi connectivity index (χ2n) is 4.07. The maximum Gasteiger partial charge on any atom is 0.341 e. The van der Waals surface area contributed by atoms with Gasteiger partial charge in [0.05, 0.1) is 15.6 Å². The number of carboxylic acid groups (broad SMARTS) is 1. The molecule has 116 valence electrons. The number of rotatable bonds is 5. The van der Waals surface area contributed by atoms with Crippen molar-refractivity contribution in [3.8, 4) is 11.5 Å². The van der Waals surface area contributed by atoms with Crippen molar-refractivity contribution in [1.29, 1.82) is 0 Å². The number of aliphatic carboxylic acids is 1. The van der Waals surface area contributed by atoms with Crippen LogP contribution in [0.2, 0.25) is 0 Å². The lowest BCUT2D eigenvalue weighted by Crippen LogP contribution is -2.17. The number of amides is 1. The molecule has 0 aliphatic carbocycles. The standard InChI is InChI=1S/C13H10INO5S2/c1-19-8-3-6(4-9-12(18)15-13(21)22-9)2-7(14)11(8)20-5-10(16)17/h2-4H,5H2,1H3,(H,16,17)(H,15,18,21)/b9-4+. The maximum atomic E-state index is 11.7. The molecule has 1 aromatic rings. The van der Waals surface area contributed by atoms with Crippen LogP contribution in [0, 0.1) is 3.57 Å². The molecule has 1 aromatic carbocycles. The summed E-state index contributed by atoms with van der Waals surface area (Å²) in [6.45, 7) is -0.459. The first-order valence-corrected chi connectivity index (χ1v) is 8.18. The van der Waals surface area contributed by atoms with Crippen molar-refractivity contribution in [2.75, 3.05) is 13.7 Å². The molecule has 2 rings (SSSR count). The van der Waals surface area contributed by atoms with Crippen LogP contribution in [-0.4, -0.2) is 35.0 Å². The van der Waals surface area contributed by atoms with Gasteiger partial charge in [-0.15, -0.1) is 0 Å². The number of carbonyl (C=O) groups is 2. The molecule has 0 atom stereocenters. The molecule has 1 heterocycles. The Hall–Kier alpha value is -1.33. The van der Waals surface area contributed by atoms with E-state index in [-0.39, 0.29) is 5.91 Å². The highest BCUT2D eigenvalue weighted by atomic mass is 127. The zero-order valence-electron chi connectivity index (χ0n) is 11.2. The van der Waals surface area contributed by atoms with Gasteiger partial charge >= 0.3 is 5.97 Å². The normalized spacial score (nSPS) is 15.8. The van der Waals surface area contributed by atoms with Gasteiger partial charge in [-0.05, 0) is 46.4 Å². The Balaban J connectivity index is 2.33. The number of hydrogen-bond donors (Lipinski definition) is 2. The first kappa shape index (κ1) is 17.0. The van der Waals surface area contributed by atoms with Crippen LogP contribution in [0.25, 0.3) is 6.08 Å². The van der Waals surface area contributed by atoms with Crippen molar-refractivity contribution < 1.29 is 24.2 Å². The van der Waals surface area contributed by atoms with Gasteiger partial charge in [-0.3, -0.25) is 4.79 Å². The number of thioether (sulfide) groups is 1. The third-order valence-corrected chi connectivity index (χ3v) is 4.50. The molecule has 22 heavy (non-hydrogen) atoms. The summed E-state index contributed by atoms with van der Waals surface area (Å²) >= 11 is 8.14. The second kappa shape index (κ2) is 7.29. The molecule has 0 aromatic heterocycles. The van der Waals surface area contributed by atoms with Crippen LogP contribution in [-0.2, 0) is 9.59 Å². The van der Waals surface area contributed by atoms with Gasteiger partial charge in [-0.2, -0.15) is 0 Å². The third kappa shape index (κ3) is 4.11. The molecule has 1 fully saturated rings. The van der Waals surface area contributed by atoms with E-state index in [9.17, 15) is 9.59 Å². The number of ether oxygens (including phenoxy) is 2. The van der Waals surface area contributed by atoms with Crippen molar-refractivity contribution in [2.45, 2.75) is 0 Å². The topological polar surface area (TPSA) is 84.9 Å². The van der Waals surface area contributed by atoms with E-state index in [2.05, 4.69) is 5.32 Å². The highest BCUT2D eigenvalue weighted by molar-refractivity contribution is 14.1. The molecule has 0 spiro atoms. The van der Waals surface area contributed by atoms with Gasteiger partial charge in [0.15, 0.2) is 18.1 Å². The number of thiocarbonyl (C=S) groups is 1. The number of carboxylic acids is 1. The summed E-state index contributed by atoms with van der Waals surface area (Å²) in [5.41, 5.74) is 0.728. The minimum absolute atomic E-state index is 0.241. The summed E-state index contributed by atoms with van der Waals surface area (Å²) in [6, 6.07) is 3.43. The van der Waals surface area contributed by atoms with Crippen LogP contribution in [0.5, 0.6) is 11.5 Å². The Morgan fingerprint density at radius 2 is 2.27 bits per heavy atom. The van der Waals surface area contributed by atoms with Crippen LogP contribution in [0.3, 0.4) is 0 Å². The number of nitrogens with one attached hydrogen (secondary N) is 1. The van der Waals surface area contributed by atoms with Gasteiger partial charge in [0.25, 0.3) is 5.91 Å². The van der Waals surface area contributed by atoms with E-state index >= 15 is 0 Å². The molecule has 6 nitrogen and oxygen atoms in total. The molecule has 1 aliphatic heterocycles. The molecule has 1 amide bonds. The SMILES string of the molecule is COc1cc(/C=C2/SC(=S)NC2=O)cc(I)c1OCC(=O)O. The first-order valence-electron chi connectivity index (χ1n) is 5.87. The van der Waals surface area contributed by atoms with Crippen LogP contribution < -0.4 is 14.8 Å². The quantitative estimate of drug-likeness (QED) is 0.404. The summed E-state index contributed by atoms with van der Waals surface area (Å²) in [5, 5.41) is 11.2. The predicted molar refractivity (Wildman–Crippen MR) is 95.2 cm³/mol. The van der Waals surface area contributed by atoms with E-state index in [4.69, 9.17) is 26.8 Å². The predicted octanol–water partition coefficient (Wildman–Crippen LogP) is 2.25. The van der Waals surface area contributed by atoms with Crippen LogP contribution in [0.15, 0.2) is 17.0 Å². The first-order chi connectivity index (χ1) is 10.4. The third-order valence-electron chi connectivity index (χ3n) is 2.53. The Bertz CT molecular complexity index is 689. The minimum Gasteiger partial charge on any atom is -0.493 e. The van der Waals surface area contributed by atoms with Crippen molar-refractivity contribution in [1.82, 2.24) is 5.32 Å². The van der Waals surface area contributed by atoms with Crippen molar-refractivity contribution >= 4 is 68.8 Å². The molecule has 2 N–H and O–H groups in total. The zero-order valence-corrected chi connectivity index (χ0v) is 15.0. The lowest BCUT2D eigenvalue weighted by atomic mass is 10.2. The van der Waals surface area contributed by atoms with Gasteiger partial charge in [-0.1, -0.05) is 24.0 Å². The summed E-state index contributed by atoms with van der Waals surface area (Å²) in [4.78, 5) is 22.8. The Morgan fingerprint density at radius 1 is 1.55 bits per heavy atom. The van der Waals surface area contributed by atoms with Crippen molar-refractivity contribution in [3.05, 3.63) is 26.2 Å². The average molecular weight is 451 g/mol. The summed E-state index contributed by atoms with van der Waals surface area (Å²) in [7, 11) is 1.46. The Labute approximate surface area is 149 Å². The largest absolute Gasteiger partial charge is 0.493 e. The van der Waals surface area contributed by atoms with E-state index in [0.29, 0.717) is 24.3 Å². The van der Waals surface area contributed by atoms with E-state index in [1.54, 1.807) is 18.2 Å². The fourth-order valence-electron chi connectivity index (χ4n) is 1.67. The number of benzene rings is 1. The van der Waals surface area contributed by atoms with Crippen LogP contribution in [0.4, 0.5) is 0 Å². The smallest absolute Gasteiger partial charge is 0.341 e. The number of hydrogen-bond acceptors (Lipinski definition) is 6. The molecule has 0 radical (unpaired) electrons. The Morgan fingerprint density at radius 3 is 2.82 bits per heavy atom. The number of carbonyl (C=O) groups excluding carboxylic acids is 1. The Kier molecular flexibility index (Phi) is 5.64. The number of halogens is 1. The van der Waals surface area contributed by atoms with Gasteiger partial charge in [0.1, 0.15) is 4.32 Å². The molecule has 0 saturated carbocycles. The maximum absolute atomic E-state index is 11.7. The second-order valence-corrected chi connectivity index (χ2v) is 6.95. The van der Waals surface area contributed by atoms with Gasteiger partial charge in [0, 0.05) is 0 Å². The number of methoxy groups -OCH3 is 1. The fraction of sp³-hybridized carbons (Fsp3) is 0.154. The molecular weight excluding hydrogens is 441 g/mol. The molecule has 1 aliphatic rings. The molecule has 9 heteroatoms. The average Bonchev–Trinajstić information content (AvgIpc) is 2.74. The van der Waals surface area contributed by atoms with E-state index in [1.165, 1.54) is 18.9 Å². The van der Waals surface area contributed by atoms with Gasteiger partial charge in [-0.25, -0.2) is 4.79 Å². The monoisotopic (exact) mass is 451 g/mol. The lowest BCUT2D eigenvalue weighted by Gasteiger charge is -2.12. The zero-order chi connectivity index (χ0) is 16.3. The highest BCUT2D eigenvalue weighted by Crippen LogP contribution is 2.35. The molecular formula is C13H10INO5S2. The van der Waals surface area contributed by atoms with Gasteiger partial charge in [0.2, 0.25) is 0 Å². The van der Waals surface area contributed by atoms with Crippen LogP contribution in [0.1, 0.15) is 5.56 Å². The van der Waals surface area contributed by atoms with Gasteiger partial charge < -0.3 is 19.9 Å². The highest BCUT2D eigenvalue weighted by Gasteiger charge is 2.22. The fourth-order valence-corrected chi connectivity index (χ4v) is 3.49. The van der Waals surface area contributed by atoms with E-state index in [0.717, 1.165) is 5.56 Å². The summed E-state index contributed by atoms with van der Waals surface area (Å²) in [6.07, 6.45) is 1.69. The van der Waals surface area contributed by atoms with E-state index < -0.39 is 12.6 Å². The summed E-state index contributed by atoms with van der Waals surface area (Å²) < 4.78 is 11.5. The van der Waals surface area contributed by atoms with E-state index in [1.807, 2.05) is 22.6 Å². The molecule has 0 bridgehead atoms. The molecule has 0 unspecified atom stereocenters. The molecule has 1 saturated heterocycles. The lowest BCUT2D eigenvalue weighted by molar-refractivity contribution is -0.139. The van der Waals surface area contributed by atoms with Crippen molar-refractivity contribution in [2.24, 2.45) is 0 Å². The minimum atomic E-state index is -1.07. The van der Waals surface area contributed by atoms with Crippen molar-refractivity contribution in [3.63, 3.8) is 0 Å².